The fourth-order valence-electron chi connectivity index (χ4n) is 3.20. The summed E-state index contributed by atoms with van der Waals surface area (Å²) in [5.41, 5.74) is -0.141. The number of hydrogen-bond donors (Lipinski definition) is 6. The van der Waals surface area contributed by atoms with E-state index in [0.717, 1.165) is 0 Å². The first-order valence-corrected chi connectivity index (χ1v) is 13.3. The van der Waals surface area contributed by atoms with Crippen molar-refractivity contribution < 1.29 is 56.3 Å². The molecule has 0 bridgehead atoms. The number of aliphatic hydroxyl groups is 1. The second-order valence-electron chi connectivity index (χ2n) is 6.72. The minimum atomic E-state index is -5.67. The summed E-state index contributed by atoms with van der Waals surface area (Å²) in [5, 5.41) is 10.3. The highest BCUT2D eigenvalue weighted by Crippen LogP contribution is 2.66. The first-order chi connectivity index (χ1) is 15.2. The summed E-state index contributed by atoms with van der Waals surface area (Å²) in [7, 11) is -16.6. The molecule has 0 aromatic carbocycles. The van der Waals surface area contributed by atoms with E-state index in [-0.39, 0.29) is 17.7 Å². The molecule has 6 N–H and O–H groups in total. The van der Waals surface area contributed by atoms with Gasteiger partial charge in [0.15, 0.2) is 11.2 Å². The van der Waals surface area contributed by atoms with Gasteiger partial charge in [0.25, 0.3) is 5.56 Å². The number of hydrogen-bond acceptors (Lipinski definition) is 11. The lowest BCUT2D eigenvalue weighted by Crippen LogP contribution is -2.26. The maximum Gasteiger partial charge on any atom is 0.490 e. The van der Waals surface area contributed by atoms with Crippen LogP contribution in [0.4, 0.5) is 0 Å². The van der Waals surface area contributed by atoms with Crippen LogP contribution in [0, 0.1) is 0 Å². The number of phosphoric ester groups is 1. The Labute approximate surface area is 181 Å². The predicted molar refractivity (Wildman–Crippen MR) is 103 cm³/mol. The number of H-pyrrole nitrogens is 1. The van der Waals surface area contributed by atoms with Gasteiger partial charge in [-0.2, -0.15) is 8.62 Å². The number of aromatic amines is 1. The standard InChI is InChI=1S/C12H16N5O13P3/c18-6-3-8(17-5-14-9-10(19)15-12-13-1-2-16(12)11(9)17)28-7(6)4-27-32(23,24)30-33(25,26)29-31(20,21)22/h1-2,5-8,18H,3-4H2,(H,23,24)(H,25,26)(H,13,15,19)(H2,20,21,22)/t6-,7+,8+/m0/s1. The Morgan fingerprint density at radius 1 is 1.15 bits per heavy atom. The van der Waals surface area contributed by atoms with Crippen LogP contribution in [0.15, 0.2) is 23.5 Å². The predicted octanol–water partition coefficient (Wildman–Crippen LogP) is -0.636. The third-order valence-corrected chi connectivity index (χ3v) is 8.21. The van der Waals surface area contributed by atoms with Crippen LogP contribution in [0.25, 0.3) is 16.9 Å². The molecule has 182 valence electrons. The van der Waals surface area contributed by atoms with E-state index in [1.54, 1.807) is 6.20 Å². The molecule has 1 saturated heterocycles. The lowest BCUT2D eigenvalue weighted by molar-refractivity contribution is -0.0423. The molecule has 3 aromatic rings. The maximum absolute atomic E-state index is 12.2. The number of nitrogens with zero attached hydrogens (tertiary/aromatic N) is 4. The number of phosphoric acid groups is 3. The molecule has 0 aliphatic carbocycles. The summed E-state index contributed by atoms with van der Waals surface area (Å²) in [6.07, 6.45) is 0.854. The first kappa shape index (κ1) is 24.3. The molecule has 1 fully saturated rings. The van der Waals surface area contributed by atoms with Crippen molar-refractivity contribution in [3.8, 4) is 0 Å². The van der Waals surface area contributed by atoms with Crippen molar-refractivity contribution in [1.29, 1.82) is 0 Å². The SMILES string of the molecule is O=c1[nH]c2nccn2c2c1ncn2[C@H]1C[C@H](O)[C@@H](COP(=O)(O)OP(=O)(O)OP(=O)(O)O)O1. The molecule has 33 heavy (non-hydrogen) atoms. The lowest BCUT2D eigenvalue weighted by atomic mass is 10.2. The highest BCUT2D eigenvalue weighted by Gasteiger charge is 2.43. The molecule has 18 nitrogen and oxygen atoms in total. The number of nitrogens with one attached hydrogen (secondary N) is 1. The van der Waals surface area contributed by atoms with Crippen molar-refractivity contribution in [3.05, 3.63) is 29.1 Å². The molecule has 2 unspecified atom stereocenters. The zero-order valence-corrected chi connectivity index (χ0v) is 18.7. The molecule has 3 aromatic heterocycles. The van der Waals surface area contributed by atoms with E-state index in [1.807, 2.05) is 0 Å². The molecule has 1 aliphatic rings. The van der Waals surface area contributed by atoms with Crippen LogP contribution in [0.5, 0.6) is 0 Å². The number of aliphatic hydroxyl groups excluding tert-OH is 1. The summed E-state index contributed by atoms with van der Waals surface area (Å²) >= 11 is 0. The average molecular weight is 531 g/mol. The fraction of sp³-hybridized carbons (Fsp3) is 0.417. The van der Waals surface area contributed by atoms with Crippen LogP contribution >= 0.6 is 23.5 Å². The Morgan fingerprint density at radius 2 is 1.88 bits per heavy atom. The summed E-state index contributed by atoms with van der Waals surface area (Å²) in [4.78, 5) is 58.5. The van der Waals surface area contributed by atoms with Crippen LogP contribution in [-0.2, 0) is 31.6 Å². The third kappa shape index (κ3) is 5.33. The van der Waals surface area contributed by atoms with Gasteiger partial charge in [0, 0.05) is 18.8 Å². The van der Waals surface area contributed by atoms with Gasteiger partial charge in [0.2, 0.25) is 5.78 Å². The van der Waals surface area contributed by atoms with E-state index in [2.05, 4.69) is 28.1 Å². The minimum Gasteiger partial charge on any atom is -0.390 e. The zero-order valence-electron chi connectivity index (χ0n) is 16.0. The molecule has 21 heteroatoms. The Bertz CT molecular complexity index is 1390. The molecule has 0 saturated carbocycles. The van der Waals surface area contributed by atoms with Gasteiger partial charge >= 0.3 is 23.5 Å². The Morgan fingerprint density at radius 3 is 2.58 bits per heavy atom. The molecule has 1 aliphatic heterocycles. The van der Waals surface area contributed by atoms with Gasteiger partial charge in [0.05, 0.1) is 19.0 Å². The van der Waals surface area contributed by atoms with E-state index < -0.39 is 54.1 Å². The van der Waals surface area contributed by atoms with Crippen molar-refractivity contribution >= 4 is 40.4 Å². The molecule has 4 heterocycles. The summed E-state index contributed by atoms with van der Waals surface area (Å²) in [6, 6.07) is 0. The van der Waals surface area contributed by atoms with Gasteiger partial charge in [-0.1, -0.05) is 0 Å². The Balaban J connectivity index is 1.48. The van der Waals surface area contributed by atoms with Crippen LogP contribution in [0.2, 0.25) is 0 Å². The van der Waals surface area contributed by atoms with Gasteiger partial charge in [-0.05, 0) is 0 Å². The van der Waals surface area contributed by atoms with Gasteiger partial charge in [-0.15, -0.1) is 0 Å². The molecule has 0 amide bonds. The largest absolute Gasteiger partial charge is 0.490 e. The number of aromatic nitrogens is 5. The number of imidazole rings is 2. The highest BCUT2D eigenvalue weighted by molar-refractivity contribution is 7.66. The van der Waals surface area contributed by atoms with E-state index in [4.69, 9.17) is 19.4 Å². The Kier molecular flexibility index (Phi) is 6.24. The van der Waals surface area contributed by atoms with E-state index >= 15 is 0 Å². The van der Waals surface area contributed by atoms with Gasteiger partial charge in [-0.3, -0.25) is 23.3 Å². The Hall–Kier alpha value is -1.78. The van der Waals surface area contributed by atoms with Gasteiger partial charge < -0.3 is 29.4 Å². The normalized spacial score (nSPS) is 25.4. The fourth-order valence-corrected chi connectivity index (χ4v) is 6.23. The monoisotopic (exact) mass is 531 g/mol. The van der Waals surface area contributed by atoms with Gasteiger partial charge in [-0.25, -0.2) is 23.7 Å². The average Bonchev–Trinajstić information content (AvgIpc) is 3.34. The van der Waals surface area contributed by atoms with E-state index in [1.165, 1.54) is 21.5 Å². The topological polar surface area (TPSA) is 257 Å². The maximum atomic E-state index is 12.2. The van der Waals surface area contributed by atoms with Crippen LogP contribution in [-0.4, -0.2) is 67.4 Å². The summed E-state index contributed by atoms with van der Waals surface area (Å²) in [5.74, 6) is 0.233. The minimum absolute atomic E-state index is 0.0567. The van der Waals surface area contributed by atoms with Gasteiger partial charge in [0.1, 0.15) is 12.3 Å². The second-order valence-corrected chi connectivity index (χ2v) is 11.1. The van der Waals surface area contributed by atoms with Crippen molar-refractivity contribution in [3.63, 3.8) is 0 Å². The van der Waals surface area contributed by atoms with Crippen LogP contribution < -0.4 is 5.56 Å². The summed E-state index contributed by atoms with van der Waals surface area (Å²) in [6.45, 7) is -0.824. The van der Waals surface area contributed by atoms with Crippen molar-refractivity contribution in [2.24, 2.45) is 0 Å². The van der Waals surface area contributed by atoms with Crippen LogP contribution in [0.3, 0.4) is 0 Å². The number of rotatable bonds is 8. The molecule has 0 spiro atoms. The molecular weight excluding hydrogens is 515 g/mol. The smallest absolute Gasteiger partial charge is 0.390 e. The van der Waals surface area contributed by atoms with Crippen molar-refractivity contribution in [2.75, 3.05) is 6.61 Å². The van der Waals surface area contributed by atoms with Crippen molar-refractivity contribution in [1.82, 2.24) is 23.9 Å². The van der Waals surface area contributed by atoms with Crippen molar-refractivity contribution in [2.45, 2.75) is 24.9 Å². The number of fused-ring (bicyclic) bond motifs is 3. The summed E-state index contributed by atoms with van der Waals surface area (Å²) < 4.78 is 54.2. The molecule has 0 radical (unpaired) electrons. The quantitative estimate of drug-likeness (QED) is 0.198. The molecule has 4 rings (SSSR count). The molecule has 5 atom stereocenters. The number of ether oxygens (including phenoxy) is 1. The molecular formula is C12H16N5O13P3. The highest BCUT2D eigenvalue weighted by atomic mass is 31.3. The second kappa shape index (κ2) is 8.46. The van der Waals surface area contributed by atoms with Crippen LogP contribution in [0.1, 0.15) is 12.6 Å². The third-order valence-electron chi connectivity index (χ3n) is 4.41. The van der Waals surface area contributed by atoms with E-state index in [0.29, 0.717) is 5.65 Å². The zero-order chi connectivity index (χ0) is 24.2. The van der Waals surface area contributed by atoms with E-state index in [9.17, 15) is 28.5 Å². The lowest BCUT2D eigenvalue weighted by Gasteiger charge is -2.19. The first-order valence-electron chi connectivity index (χ1n) is 8.78.